The van der Waals surface area contributed by atoms with Crippen LogP contribution in [-0.4, -0.2) is 27.7 Å². The van der Waals surface area contributed by atoms with Crippen LogP contribution < -0.4 is 4.74 Å². The average Bonchev–Trinajstić information content (AvgIpc) is 3.43. The standard InChI is InChI=1S/C22H18ClN3O4S/c1-2-28-18-10-6-4-8-16(18)22-24-14(13-31-22)11-20(27)29-12-19-25-21(30-26-19)15-7-3-5-9-17(15)23/h3-10,13H,2,11-12H2,1H3. The Morgan fingerprint density at radius 2 is 1.87 bits per heavy atom. The maximum atomic E-state index is 12.2. The lowest BCUT2D eigenvalue weighted by molar-refractivity contribution is -0.144. The minimum absolute atomic E-state index is 0.0442. The van der Waals surface area contributed by atoms with E-state index in [-0.39, 0.29) is 24.7 Å². The zero-order valence-corrected chi connectivity index (χ0v) is 18.2. The van der Waals surface area contributed by atoms with E-state index in [4.69, 9.17) is 25.6 Å². The fourth-order valence-corrected chi connectivity index (χ4v) is 3.90. The molecule has 0 radical (unpaired) electrons. The Labute approximate surface area is 187 Å². The second kappa shape index (κ2) is 9.72. The fourth-order valence-electron chi connectivity index (χ4n) is 2.84. The molecule has 2 heterocycles. The second-order valence-corrected chi connectivity index (χ2v) is 7.67. The summed E-state index contributed by atoms with van der Waals surface area (Å²) in [6, 6.07) is 14.8. The Balaban J connectivity index is 1.36. The quantitative estimate of drug-likeness (QED) is 0.337. The molecule has 0 bridgehead atoms. The summed E-state index contributed by atoms with van der Waals surface area (Å²) in [5.74, 6) is 0.862. The first-order chi connectivity index (χ1) is 15.1. The van der Waals surface area contributed by atoms with Crippen LogP contribution in [0, 0.1) is 0 Å². The van der Waals surface area contributed by atoms with Crippen LogP contribution in [0.5, 0.6) is 5.75 Å². The summed E-state index contributed by atoms with van der Waals surface area (Å²) in [5, 5.41) is 6.96. The zero-order chi connectivity index (χ0) is 21.6. The van der Waals surface area contributed by atoms with Crippen LogP contribution in [0.15, 0.2) is 58.4 Å². The van der Waals surface area contributed by atoms with Crippen molar-refractivity contribution in [3.05, 3.63) is 70.5 Å². The number of halogens is 1. The Bertz CT molecular complexity index is 1190. The topological polar surface area (TPSA) is 87.3 Å². The summed E-state index contributed by atoms with van der Waals surface area (Å²) in [6.07, 6.45) is 0.0442. The van der Waals surface area contributed by atoms with Crippen LogP contribution in [0.1, 0.15) is 18.4 Å². The lowest BCUT2D eigenvalue weighted by Gasteiger charge is -2.07. The van der Waals surface area contributed by atoms with Crippen molar-refractivity contribution >= 4 is 28.9 Å². The first-order valence-electron chi connectivity index (χ1n) is 9.53. The molecule has 9 heteroatoms. The third-order valence-corrected chi connectivity index (χ3v) is 5.48. The van der Waals surface area contributed by atoms with Crippen LogP contribution >= 0.6 is 22.9 Å². The summed E-state index contributed by atoms with van der Waals surface area (Å²) in [6.45, 7) is 2.40. The van der Waals surface area contributed by atoms with Gasteiger partial charge in [0.2, 0.25) is 5.82 Å². The molecule has 0 N–H and O–H groups in total. The van der Waals surface area contributed by atoms with Crippen molar-refractivity contribution < 1.29 is 18.8 Å². The smallest absolute Gasteiger partial charge is 0.312 e. The number of esters is 1. The summed E-state index contributed by atoms with van der Waals surface area (Å²) < 4.78 is 16.1. The van der Waals surface area contributed by atoms with E-state index in [0.717, 1.165) is 16.3 Å². The molecule has 0 aliphatic heterocycles. The monoisotopic (exact) mass is 455 g/mol. The van der Waals surface area contributed by atoms with Gasteiger partial charge in [0.05, 0.1) is 34.9 Å². The maximum absolute atomic E-state index is 12.2. The van der Waals surface area contributed by atoms with Crippen molar-refractivity contribution in [1.29, 1.82) is 0 Å². The van der Waals surface area contributed by atoms with Crippen LogP contribution in [0.25, 0.3) is 22.0 Å². The number of benzene rings is 2. The molecule has 0 amide bonds. The van der Waals surface area contributed by atoms with Gasteiger partial charge in [-0.1, -0.05) is 41.0 Å². The van der Waals surface area contributed by atoms with Crippen molar-refractivity contribution in [3.63, 3.8) is 0 Å². The molecule has 0 saturated heterocycles. The number of aromatic nitrogens is 3. The first-order valence-corrected chi connectivity index (χ1v) is 10.8. The van der Waals surface area contributed by atoms with E-state index in [0.29, 0.717) is 22.9 Å². The number of hydrogen-bond donors (Lipinski definition) is 0. The third-order valence-electron chi connectivity index (χ3n) is 4.23. The van der Waals surface area contributed by atoms with Crippen LogP contribution in [0.3, 0.4) is 0 Å². The highest BCUT2D eigenvalue weighted by Crippen LogP contribution is 2.32. The maximum Gasteiger partial charge on any atom is 0.312 e. The highest BCUT2D eigenvalue weighted by Gasteiger charge is 2.15. The molecule has 31 heavy (non-hydrogen) atoms. The number of nitrogens with zero attached hydrogens (tertiary/aromatic N) is 3. The molecular formula is C22H18ClN3O4S. The van der Waals surface area contributed by atoms with E-state index >= 15 is 0 Å². The van der Waals surface area contributed by atoms with Crippen LogP contribution in [0.2, 0.25) is 5.02 Å². The molecule has 0 unspecified atom stereocenters. The number of ether oxygens (including phenoxy) is 2. The number of hydrogen-bond acceptors (Lipinski definition) is 8. The lowest BCUT2D eigenvalue weighted by atomic mass is 10.2. The van der Waals surface area contributed by atoms with E-state index in [2.05, 4.69) is 15.1 Å². The summed E-state index contributed by atoms with van der Waals surface area (Å²) >= 11 is 7.58. The molecule has 2 aromatic carbocycles. The van der Waals surface area contributed by atoms with Gasteiger partial charge in [0.1, 0.15) is 10.8 Å². The molecule has 4 rings (SSSR count). The zero-order valence-electron chi connectivity index (χ0n) is 16.6. The van der Waals surface area contributed by atoms with E-state index in [9.17, 15) is 4.79 Å². The number of carbonyl (C=O) groups excluding carboxylic acids is 1. The van der Waals surface area contributed by atoms with Crippen molar-refractivity contribution in [1.82, 2.24) is 15.1 Å². The van der Waals surface area contributed by atoms with Crippen molar-refractivity contribution in [2.24, 2.45) is 0 Å². The molecule has 0 aliphatic carbocycles. The first kappa shape index (κ1) is 21.0. The molecular weight excluding hydrogens is 438 g/mol. The summed E-state index contributed by atoms with van der Waals surface area (Å²) in [7, 11) is 0. The lowest BCUT2D eigenvalue weighted by Crippen LogP contribution is -2.09. The van der Waals surface area contributed by atoms with E-state index in [1.807, 2.05) is 48.7 Å². The average molecular weight is 456 g/mol. The molecule has 2 aromatic heterocycles. The van der Waals surface area contributed by atoms with Gasteiger partial charge >= 0.3 is 5.97 Å². The fraction of sp³-hybridized carbons (Fsp3) is 0.182. The number of rotatable bonds is 8. The highest BCUT2D eigenvalue weighted by molar-refractivity contribution is 7.13. The van der Waals surface area contributed by atoms with Gasteiger partial charge in [0.25, 0.3) is 5.89 Å². The Morgan fingerprint density at radius 3 is 2.68 bits per heavy atom. The third kappa shape index (κ3) is 5.10. The molecule has 158 valence electrons. The van der Waals surface area contributed by atoms with Gasteiger partial charge in [-0.2, -0.15) is 4.98 Å². The van der Waals surface area contributed by atoms with Crippen LogP contribution in [0.4, 0.5) is 0 Å². The summed E-state index contributed by atoms with van der Waals surface area (Å²) in [4.78, 5) is 21.0. The van der Waals surface area contributed by atoms with Gasteiger partial charge in [0, 0.05) is 5.38 Å². The van der Waals surface area contributed by atoms with Gasteiger partial charge in [-0.25, -0.2) is 4.98 Å². The molecule has 0 aliphatic rings. The van der Waals surface area contributed by atoms with Crippen molar-refractivity contribution in [3.8, 4) is 27.8 Å². The van der Waals surface area contributed by atoms with Gasteiger partial charge in [0.15, 0.2) is 6.61 Å². The molecule has 0 atom stereocenters. The minimum Gasteiger partial charge on any atom is -0.493 e. The van der Waals surface area contributed by atoms with Gasteiger partial charge in [-0.3, -0.25) is 4.79 Å². The molecule has 4 aromatic rings. The van der Waals surface area contributed by atoms with E-state index in [1.54, 1.807) is 12.1 Å². The largest absolute Gasteiger partial charge is 0.493 e. The molecule has 7 nitrogen and oxygen atoms in total. The second-order valence-electron chi connectivity index (χ2n) is 6.41. The SMILES string of the molecule is CCOc1ccccc1-c1nc(CC(=O)OCc2noc(-c3ccccc3Cl)n2)cs1. The normalized spacial score (nSPS) is 10.8. The van der Waals surface area contributed by atoms with E-state index < -0.39 is 5.97 Å². The predicted octanol–water partition coefficient (Wildman–Crippen LogP) is 5.20. The van der Waals surface area contributed by atoms with Gasteiger partial charge in [-0.05, 0) is 31.2 Å². The Kier molecular flexibility index (Phi) is 6.59. The Morgan fingerprint density at radius 1 is 1.10 bits per heavy atom. The molecule has 0 fully saturated rings. The Hall–Kier alpha value is -3.23. The van der Waals surface area contributed by atoms with Crippen molar-refractivity contribution in [2.75, 3.05) is 6.61 Å². The number of carbonyl (C=O) groups is 1. The minimum atomic E-state index is -0.431. The molecule has 0 saturated carbocycles. The number of thiazole rings is 1. The highest BCUT2D eigenvalue weighted by atomic mass is 35.5. The summed E-state index contributed by atoms with van der Waals surface area (Å²) in [5.41, 5.74) is 2.14. The van der Waals surface area contributed by atoms with Gasteiger partial charge in [-0.15, -0.1) is 11.3 Å². The van der Waals surface area contributed by atoms with Crippen molar-refractivity contribution in [2.45, 2.75) is 20.0 Å². The van der Waals surface area contributed by atoms with Crippen LogP contribution in [-0.2, 0) is 22.6 Å². The number of para-hydroxylation sites is 1. The predicted molar refractivity (Wildman–Crippen MR) is 117 cm³/mol. The van der Waals surface area contributed by atoms with E-state index in [1.165, 1.54) is 11.3 Å². The molecule has 0 spiro atoms. The van der Waals surface area contributed by atoms with Gasteiger partial charge < -0.3 is 14.0 Å².